The van der Waals surface area contributed by atoms with Crippen LogP contribution in [0.4, 0.5) is 4.79 Å². The minimum absolute atomic E-state index is 0.153. The number of fused-ring (bicyclic) bond motifs is 2. The summed E-state index contributed by atoms with van der Waals surface area (Å²) in [4.78, 5) is 26.0. The molecule has 2 fully saturated rings. The molecule has 2 saturated heterocycles. The Balaban J connectivity index is 1.77. The predicted molar refractivity (Wildman–Crippen MR) is 63.6 cm³/mol. The molecule has 0 saturated carbocycles. The number of nitrogens with one attached hydrogen (secondary N) is 1. The van der Waals surface area contributed by atoms with E-state index in [0.717, 1.165) is 5.56 Å². The van der Waals surface area contributed by atoms with Crippen molar-refractivity contribution in [1.29, 1.82) is 0 Å². The molecule has 1 atom stereocenters. The summed E-state index contributed by atoms with van der Waals surface area (Å²) in [6, 6.07) is 6.79. The van der Waals surface area contributed by atoms with Gasteiger partial charge < -0.3 is 14.8 Å². The standard InChI is InChI=1S/C13H12N2O4/c16-11-13(7-19-10-4-2-1-3-9(10)13)14-12(17)15(11)8-5-18-6-8/h1-4,8H,5-7H2,(H,14,17). The van der Waals surface area contributed by atoms with Gasteiger partial charge in [0.1, 0.15) is 12.4 Å². The molecule has 0 aromatic heterocycles. The fourth-order valence-corrected chi connectivity index (χ4v) is 2.79. The number of imide groups is 1. The molecule has 1 aromatic rings. The second-order valence-corrected chi connectivity index (χ2v) is 4.99. The second-order valence-electron chi connectivity index (χ2n) is 4.99. The third kappa shape index (κ3) is 1.24. The van der Waals surface area contributed by atoms with Crippen LogP contribution in [0.1, 0.15) is 5.56 Å². The Labute approximate surface area is 109 Å². The summed E-state index contributed by atoms with van der Waals surface area (Å²) in [7, 11) is 0. The average Bonchev–Trinajstić information content (AvgIpc) is 2.83. The quantitative estimate of drug-likeness (QED) is 0.734. The van der Waals surface area contributed by atoms with Crippen molar-refractivity contribution in [2.45, 2.75) is 11.6 Å². The third-order valence-corrected chi connectivity index (χ3v) is 3.90. The van der Waals surface area contributed by atoms with Gasteiger partial charge in [-0.3, -0.25) is 9.69 Å². The van der Waals surface area contributed by atoms with Gasteiger partial charge in [-0.1, -0.05) is 18.2 Å². The van der Waals surface area contributed by atoms with Gasteiger partial charge in [-0.25, -0.2) is 4.79 Å². The van der Waals surface area contributed by atoms with Crippen molar-refractivity contribution in [3.63, 3.8) is 0 Å². The van der Waals surface area contributed by atoms with Crippen LogP contribution in [0.2, 0.25) is 0 Å². The maximum atomic E-state index is 12.6. The predicted octanol–water partition coefficient (Wildman–Crippen LogP) is 0.225. The van der Waals surface area contributed by atoms with E-state index in [-0.39, 0.29) is 24.6 Å². The van der Waals surface area contributed by atoms with E-state index in [9.17, 15) is 9.59 Å². The normalized spacial score (nSPS) is 29.2. The Morgan fingerprint density at radius 3 is 2.79 bits per heavy atom. The van der Waals surface area contributed by atoms with Gasteiger partial charge in [0.05, 0.1) is 19.3 Å². The maximum Gasteiger partial charge on any atom is 0.325 e. The molecule has 3 amide bonds. The highest BCUT2D eigenvalue weighted by Gasteiger charge is 2.59. The zero-order chi connectivity index (χ0) is 13.0. The lowest BCUT2D eigenvalue weighted by molar-refractivity contribution is -0.140. The number of carbonyl (C=O) groups excluding carboxylic acids is 2. The first-order chi connectivity index (χ1) is 9.22. The third-order valence-electron chi connectivity index (χ3n) is 3.90. The number of carbonyl (C=O) groups is 2. The van der Waals surface area contributed by atoms with Gasteiger partial charge in [-0.05, 0) is 6.07 Å². The van der Waals surface area contributed by atoms with Crippen LogP contribution in [0.15, 0.2) is 24.3 Å². The van der Waals surface area contributed by atoms with Crippen LogP contribution in [0.5, 0.6) is 5.75 Å². The molecule has 19 heavy (non-hydrogen) atoms. The summed E-state index contributed by atoms with van der Waals surface area (Å²) in [5.74, 6) is 0.415. The Morgan fingerprint density at radius 1 is 1.26 bits per heavy atom. The van der Waals surface area contributed by atoms with Crippen molar-refractivity contribution in [3.05, 3.63) is 29.8 Å². The molecular formula is C13H12N2O4. The number of hydrogen-bond donors (Lipinski definition) is 1. The Kier molecular flexibility index (Phi) is 1.98. The van der Waals surface area contributed by atoms with Gasteiger partial charge in [-0.2, -0.15) is 0 Å². The topological polar surface area (TPSA) is 67.9 Å². The Morgan fingerprint density at radius 2 is 2.05 bits per heavy atom. The number of urea groups is 1. The molecule has 6 heteroatoms. The van der Waals surface area contributed by atoms with E-state index in [0.29, 0.717) is 19.0 Å². The van der Waals surface area contributed by atoms with E-state index in [2.05, 4.69) is 5.32 Å². The van der Waals surface area contributed by atoms with Gasteiger partial charge >= 0.3 is 6.03 Å². The summed E-state index contributed by atoms with van der Waals surface area (Å²) >= 11 is 0. The fraction of sp³-hybridized carbons (Fsp3) is 0.385. The lowest BCUT2D eigenvalue weighted by Gasteiger charge is -2.32. The van der Waals surface area contributed by atoms with Crippen LogP contribution in [0, 0.1) is 0 Å². The highest BCUT2D eigenvalue weighted by atomic mass is 16.5. The molecule has 1 spiro atoms. The molecule has 1 N–H and O–H groups in total. The van der Waals surface area contributed by atoms with Gasteiger partial charge in [0, 0.05) is 5.56 Å². The van der Waals surface area contributed by atoms with Crippen molar-refractivity contribution in [3.8, 4) is 5.75 Å². The summed E-state index contributed by atoms with van der Waals surface area (Å²) in [6.07, 6.45) is 0. The van der Waals surface area contributed by atoms with E-state index in [1.54, 1.807) is 6.07 Å². The van der Waals surface area contributed by atoms with E-state index >= 15 is 0 Å². The lowest BCUT2D eigenvalue weighted by atomic mass is 9.92. The van der Waals surface area contributed by atoms with E-state index in [1.807, 2.05) is 18.2 Å². The molecule has 3 heterocycles. The van der Waals surface area contributed by atoms with Crippen molar-refractivity contribution < 1.29 is 19.1 Å². The average molecular weight is 260 g/mol. The number of benzene rings is 1. The molecule has 1 aromatic carbocycles. The highest BCUT2D eigenvalue weighted by Crippen LogP contribution is 2.41. The summed E-state index contributed by atoms with van der Waals surface area (Å²) in [5, 5.41) is 2.79. The van der Waals surface area contributed by atoms with Gasteiger partial charge in [0.15, 0.2) is 5.54 Å². The van der Waals surface area contributed by atoms with Crippen LogP contribution in [0.3, 0.4) is 0 Å². The summed E-state index contributed by atoms with van der Waals surface area (Å²) < 4.78 is 10.6. The molecule has 3 aliphatic rings. The van der Waals surface area contributed by atoms with Gasteiger partial charge in [0.25, 0.3) is 5.91 Å². The van der Waals surface area contributed by atoms with Gasteiger partial charge in [0.2, 0.25) is 0 Å². The Bertz CT molecular complexity index is 584. The molecule has 1 unspecified atom stereocenters. The molecule has 0 radical (unpaired) electrons. The molecule has 3 aliphatic heterocycles. The second kappa shape index (κ2) is 3.48. The summed E-state index contributed by atoms with van der Waals surface area (Å²) in [5.41, 5.74) is -0.320. The van der Waals surface area contributed by atoms with Crippen molar-refractivity contribution >= 4 is 11.9 Å². The smallest absolute Gasteiger partial charge is 0.325 e. The van der Waals surface area contributed by atoms with Crippen LogP contribution >= 0.6 is 0 Å². The first-order valence-corrected chi connectivity index (χ1v) is 6.18. The highest BCUT2D eigenvalue weighted by molar-refractivity contribution is 6.08. The van der Waals surface area contributed by atoms with Crippen LogP contribution in [-0.2, 0) is 15.1 Å². The molecule has 0 aliphatic carbocycles. The Hall–Kier alpha value is -2.08. The van der Waals surface area contributed by atoms with Crippen molar-refractivity contribution in [1.82, 2.24) is 10.2 Å². The first-order valence-electron chi connectivity index (χ1n) is 6.18. The largest absolute Gasteiger partial charge is 0.490 e. The summed E-state index contributed by atoms with van der Waals surface area (Å²) in [6.45, 7) is 0.983. The molecule has 98 valence electrons. The minimum Gasteiger partial charge on any atom is -0.490 e. The zero-order valence-corrected chi connectivity index (χ0v) is 10.1. The van der Waals surface area contributed by atoms with Crippen LogP contribution in [0.25, 0.3) is 0 Å². The van der Waals surface area contributed by atoms with E-state index < -0.39 is 5.54 Å². The number of rotatable bonds is 1. The van der Waals surface area contributed by atoms with Crippen molar-refractivity contribution in [2.24, 2.45) is 0 Å². The molecule has 6 nitrogen and oxygen atoms in total. The monoisotopic (exact) mass is 260 g/mol. The lowest BCUT2D eigenvalue weighted by Crippen LogP contribution is -2.53. The number of nitrogens with zero attached hydrogens (tertiary/aromatic N) is 1. The molecule has 0 bridgehead atoms. The molecular weight excluding hydrogens is 248 g/mol. The zero-order valence-electron chi connectivity index (χ0n) is 10.1. The van der Waals surface area contributed by atoms with Gasteiger partial charge in [-0.15, -0.1) is 0 Å². The first kappa shape index (κ1) is 10.8. The number of hydrogen-bond acceptors (Lipinski definition) is 4. The number of ether oxygens (including phenoxy) is 2. The van der Waals surface area contributed by atoms with Crippen LogP contribution in [-0.4, -0.2) is 42.7 Å². The van der Waals surface area contributed by atoms with Crippen molar-refractivity contribution in [2.75, 3.05) is 19.8 Å². The molecule has 4 rings (SSSR count). The SMILES string of the molecule is O=C1NC2(COc3ccccc32)C(=O)N1C1COC1. The maximum absolute atomic E-state index is 12.6. The number of amides is 3. The van der Waals surface area contributed by atoms with Crippen LogP contribution < -0.4 is 10.1 Å². The van der Waals surface area contributed by atoms with E-state index in [1.165, 1.54) is 4.90 Å². The minimum atomic E-state index is -1.05. The fourth-order valence-electron chi connectivity index (χ4n) is 2.79. The number of para-hydroxylation sites is 1. The van der Waals surface area contributed by atoms with E-state index in [4.69, 9.17) is 9.47 Å².